The Bertz CT molecular complexity index is 1150. The number of nitrogens with one attached hydrogen (secondary N) is 1. The Morgan fingerprint density at radius 2 is 1.72 bits per heavy atom. The van der Waals surface area contributed by atoms with Gasteiger partial charge in [-0.25, -0.2) is 0 Å². The van der Waals surface area contributed by atoms with Crippen LogP contribution in [0.15, 0.2) is 65.4 Å². The number of nitrogens with zero attached hydrogens (tertiary/aromatic N) is 2. The quantitative estimate of drug-likeness (QED) is 0.605. The van der Waals surface area contributed by atoms with Gasteiger partial charge in [0, 0.05) is 28.1 Å². The molecule has 0 saturated heterocycles. The largest absolute Gasteiger partial charge is 0.322 e. The number of amides is 3. The number of hydrogen-bond donors (Lipinski definition) is 1. The Hall–Kier alpha value is -3.32. The van der Waals surface area contributed by atoms with E-state index in [1.807, 2.05) is 19.1 Å². The minimum absolute atomic E-state index is 0.161. The van der Waals surface area contributed by atoms with Gasteiger partial charge in [-0.3, -0.25) is 24.3 Å². The molecule has 0 spiro atoms. The zero-order valence-electron chi connectivity index (χ0n) is 15.5. The van der Waals surface area contributed by atoms with Crippen LogP contribution in [0.4, 0.5) is 5.69 Å². The number of carbonyl (C=O) groups excluding carboxylic acids is 3. The first-order valence-electron chi connectivity index (χ1n) is 8.90. The lowest BCUT2D eigenvalue weighted by Crippen LogP contribution is -2.29. The normalized spacial score (nSPS) is 12.8. The van der Waals surface area contributed by atoms with Gasteiger partial charge >= 0.3 is 0 Å². The van der Waals surface area contributed by atoms with Crippen LogP contribution in [-0.2, 0) is 6.54 Å². The van der Waals surface area contributed by atoms with E-state index >= 15 is 0 Å². The first-order chi connectivity index (χ1) is 13.9. The third kappa shape index (κ3) is 3.69. The molecule has 29 heavy (non-hydrogen) atoms. The first kappa shape index (κ1) is 19.0. The fourth-order valence-corrected chi connectivity index (χ4v) is 3.42. The third-order valence-electron chi connectivity index (χ3n) is 4.74. The van der Waals surface area contributed by atoms with Crippen molar-refractivity contribution in [3.8, 4) is 0 Å². The van der Waals surface area contributed by atoms with Crippen molar-refractivity contribution in [3.63, 3.8) is 0 Å². The van der Waals surface area contributed by atoms with Crippen molar-refractivity contribution in [1.29, 1.82) is 0 Å². The van der Waals surface area contributed by atoms with Crippen LogP contribution in [0.5, 0.6) is 0 Å². The van der Waals surface area contributed by atoms with Crippen molar-refractivity contribution in [2.24, 2.45) is 0 Å². The predicted octanol–water partition coefficient (Wildman–Crippen LogP) is 4.20. The highest BCUT2D eigenvalue weighted by Gasteiger charge is 2.36. The number of rotatable bonds is 4. The molecule has 0 atom stereocenters. The molecule has 0 unspecified atom stereocenters. The van der Waals surface area contributed by atoms with Crippen molar-refractivity contribution in [3.05, 3.63) is 93.2 Å². The molecule has 3 amide bonds. The van der Waals surface area contributed by atoms with Crippen LogP contribution in [0.25, 0.3) is 0 Å². The number of hydrogen-bond acceptors (Lipinski definition) is 4. The predicted molar refractivity (Wildman–Crippen MR) is 112 cm³/mol. The Kier molecular flexibility index (Phi) is 4.98. The van der Waals surface area contributed by atoms with Gasteiger partial charge in [-0.05, 0) is 66.6 Å². The highest BCUT2D eigenvalue weighted by atomic mass is 79.9. The molecule has 4 rings (SSSR count). The number of fused-ring (bicyclic) bond motifs is 1. The summed E-state index contributed by atoms with van der Waals surface area (Å²) in [5, 5.41) is 2.82. The molecule has 2 heterocycles. The zero-order valence-corrected chi connectivity index (χ0v) is 17.1. The molecule has 1 aliphatic heterocycles. The number of imide groups is 1. The zero-order chi connectivity index (χ0) is 20.5. The number of benzene rings is 2. The Morgan fingerprint density at radius 3 is 2.45 bits per heavy atom. The number of pyridine rings is 1. The van der Waals surface area contributed by atoms with Gasteiger partial charge in [-0.15, -0.1) is 0 Å². The fraction of sp³-hybridized carbons (Fsp3) is 0.0909. The molecule has 0 radical (unpaired) electrons. The van der Waals surface area contributed by atoms with Gasteiger partial charge in [0.1, 0.15) is 0 Å². The molecule has 7 heteroatoms. The maximum Gasteiger partial charge on any atom is 0.261 e. The molecule has 0 fully saturated rings. The second kappa shape index (κ2) is 7.60. The maximum atomic E-state index is 12.8. The molecule has 0 aliphatic carbocycles. The van der Waals surface area contributed by atoms with Gasteiger partial charge in [-0.1, -0.05) is 15.9 Å². The molecule has 0 saturated carbocycles. The average Bonchev–Trinajstić information content (AvgIpc) is 2.96. The minimum atomic E-state index is -0.407. The number of carbonyl (C=O) groups is 3. The summed E-state index contributed by atoms with van der Waals surface area (Å²) < 4.78 is 0.950. The first-order valence-corrected chi connectivity index (χ1v) is 9.70. The van der Waals surface area contributed by atoms with Crippen LogP contribution in [0.2, 0.25) is 0 Å². The van der Waals surface area contributed by atoms with Crippen LogP contribution >= 0.6 is 15.9 Å². The molecular formula is C22H16BrN3O3. The number of aryl methyl sites for hydroxylation is 1. The van der Waals surface area contributed by atoms with E-state index in [0.717, 1.165) is 15.6 Å². The van der Waals surface area contributed by atoms with Gasteiger partial charge in [0.05, 0.1) is 17.7 Å². The van der Waals surface area contributed by atoms with Gasteiger partial charge in [-0.2, -0.15) is 0 Å². The van der Waals surface area contributed by atoms with Gasteiger partial charge in [0.25, 0.3) is 17.7 Å². The molecule has 6 nitrogen and oxygen atoms in total. The minimum Gasteiger partial charge on any atom is -0.322 e. The number of aromatic nitrogens is 1. The molecule has 1 aliphatic rings. The maximum absolute atomic E-state index is 12.8. The van der Waals surface area contributed by atoms with E-state index in [-0.39, 0.29) is 23.9 Å². The average molecular weight is 450 g/mol. The second-order valence-electron chi connectivity index (χ2n) is 6.73. The summed E-state index contributed by atoms with van der Waals surface area (Å²) in [5.74, 6) is -1.12. The van der Waals surface area contributed by atoms with Crippen molar-refractivity contribution >= 4 is 39.3 Å². The summed E-state index contributed by atoms with van der Waals surface area (Å²) in [7, 11) is 0. The molecule has 1 aromatic heterocycles. The highest BCUT2D eigenvalue weighted by Crippen LogP contribution is 2.26. The topological polar surface area (TPSA) is 79.4 Å². The van der Waals surface area contributed by atoms with E-state index in [1.165, 1.54) is 17.0 Å². The van der Waals surface area contributed by atoms with Crippen LogP contribution in [0.3, 0.4) is 0 Å². The van der Waals surface area contributed by atoms with Gasteiger partial charge in [0.15, 0.2) is 0 Å². The van der Waals surface area contributed by atoms with E-state index < -0.39 is 5.91 Å². The molecule has 0 bridgehead atoms. The Morgan fingerprint density at radius 1 is 1.00 bits per heavy atom. The van der Waals surface area contributed by atoms with Crippen molar-refractivity contribution in [2.75, 3.05) is 5.32 Å². The molecule has 144 valence electrons. The van der Waals surface area contributed by atoms with E-state index in [4.69, 9.17) is 0 Å². The van der Waals surface area contributed by atoms with E-state index in [2.05, 4.69) is 26.2 Å². The molecular weight excluding hydrogens is 434 g/mol. The second-order valence-corrected chi connectivity index (χ2v) is 7.58. The van der Waals surface area contributed by atoms with Crippen LogP contribution in [0, 0.1) is 6.92 Å². The summed E-state index contributed by atoms with van der Waals surface area (Å²) in [6, 6.07) is 13.6. The van der Waals surface area contributed by atoms with Crippen LogP contribution in [-0.4, -0.2) is 27.6 Å². The van der Waals surface area contributed by atoms with E-state index in [1.54, 1.807) is 36.7 Å². The monoisotopic (exact) mass is 449 g/mol. The third-order valence-corrected chi connectivity index (χ3v) is 5.63. The number of anilines is 1. The standard InChI is InChI=1S/C22H16BrN3O3/c1-13-10-16(3-5-19(13)23)25-20(27)15-2-4-17-18(11-15)22(29)26(21(17)28)12-14-6-8-24-9-7-14/h2-11H,12H2,1H3,(H,25,27). The van der Waals surface area contributed by atoms with Crippen molar-refractivity contribution < 1.29 is 14.4 Å². The molecule has 1 N–H and O–H groups in total. The molecule has 3 aromatic rings. The van der Waals surface area contributed by atoms with Crippen molar-refractivity contribution in [2.45, 2.75) is 13.5 Å². The van der Waals surface area contributed by atoms with Crippen molar-refractivity contribution in [1.82, 2.24) is 9.88 Å². The Balaban J connectivity index is 1.56. The van der Waals surface area contributed by atoms with Gasteiger partial charge < -0.3 is 5.32 Å². The number of halogens is 1. The summed E-state index contributed by atoms with van der Waals surface area (Å²) >= 11 is 3.43. The Labute approximate surface area is 175 Å². The molecule has 2 aromatic carbocycles. The van der Waals surface area contributed by atoms with E-state index in [9.17, 15) is 14.4 Å². The smallest absolute Gasteiger partial charge is 0.261 e. The summed E-state index contributed by atoms with van der Waals surface area (Å²) in [5.41, 5.74) is 3.31. The highest BCUT2D eigenvalue weighted by molar-refractivity contribution is 9.10. The lowest BCUT2D eigenvalue weighted by atomic mass is 10.1. The summed E-state index contributed by atoms with van der Waals surface area (Å²) in [6.07, 6.45) is 3.22. The van der Waals surface area contributed by atoms with Crippen LogP contribution in [0.1, 0.15) is 42.2 Å². The lowest BCUT2D eigenvalue weighted by Gasteiger charge is -2.13. The van der Waals surface area contributed by atoms with Gasteiger partial charge in [0.2, 0.25) is 0 Å². The summed E-state index contributed by atoms with van der Waals surface area (Å²) in [4.78, 5) is 43.2. The SMILES string of the molecule is Cc1cc(NC(=O)c2ccc3c(c2)C(=O)N(Cc2ccncc2)C3=O)ccc1Br. The summed E-state index contributed by atoms with van der Waals surface area (Å²) in [6.45, 7) is 2.09. The fourth-order valence-electron chi connectivity index (χ4n) is 3.17. The van der Waals surface area contributed by atoms with Crippen LogP contribution < -0.4 is 5.32 Å². The van der Waals surface area contributed by atoms with E-state index in [0.29, 0.717) is 16.8 Å². The lowest BCUT2D eigenvalue weighted by molar-refractivity contribution is 0.0642.